The van der Waals surface area contributed by atoms with Gasteiger partial charge in [-0.2, -0.15) is 0 Å². The van der Waals surface area contributed by atoms with E-state index >= 15 is 0 Å². The van der Waals surface area contributed by atoms with Crippen LogP contribution in [0, 0.1) is 0 Å². The lowest BCUT2D eigenvalue weighted by Gasteiger charge is -2.22. The molecule has 3 heteroatoms. The molecular weight excluding hydrogens is 274 g/mol. The smallest absolute Gasteiger partial charge is 0.410 e. The first-order chi connectivity index (χ1) is 10.8. The minimum absolute atomic E-state index is 0.461. The molecule has 1 aliphatic carbocycles. The number of hydrogen-bond acceptors (Lipinski definition) is 2. The van der Waals surface area contributed by atoms with Gasteiger partial charge < -0.3 is 4.74 Å². The van der Waals surface area contributed by atoms with Crippen molar-refractivity contribution >= 4 is 11.8 Å². The Kier molecular flexibility index (Phi) is 4.74. The molecule has 0 bridgehead atoms. The standard InChI is InChI=1S/C19H21NO2/c21-19(22-18-9-5-2-6-10-18)20-17-13-11-16(12-14-17)15-7-3-1-4-8-15/h2,5-6,9-15H,1,3-4,7-8H2,(H,20,21). The van der Waals surface area contributed by atoms with Gasteiger partial charge in [0.25, 0.3) is 0 Å². The van der Waals surface area contributed by atoms with Crippen LogP contribution in [0.3, 0.4) is 0 Å². The van der Waals surface area contributed by atoms with Crippen LogP contribution in [-0.4, -0.2) is 6.09 Å². The summed E-state index contributed by atoms with van der Waals surface area (Å²) in [7, 11) is 0. The molecule has 1 aliphatic rings. The first kappa shape index (κ1) is 14.6. The lowest BCUT2D eigenvalue weighted by Crippen LogP contribution is -2.16. The second kappa shape index (κ2) is 7.12. The predicted octanol–water partition coefficient (Wildman–Crippen LogP) is 5.35. The largest absolute Gasteiger partial charge is 0.417 e. The van der Waals surface area contributed by atoms with E-state index in [2.05, 4.69) is 17.4 Å². The van der Waals surface area contributed by atoms with Gasteiger partial charge in [0.05, 0.1) is 0 Å². The Morgan fingerprint density at radius 2 is 1.59 bits per heavy atom. The van der Waals surface area contributed by atoms with Crippen molar-refractivity contribution in [1.82, 2.24) is 0 Å². The Morgan fingerprint density at radius 1 is 0.909 bits per heavy atom. The van der Waals surface area contributed by atoms with Crippen LogP contribution in [0.4, 0.5) is 10.5 Å². The monoisotopic (exact) mass is 295 g/mol. The number of nitrogens with one attached hydrogen (secondary N) is 1. The SMILES string of the molecule is O=C(Nc1ccc(C2CCCCC2)cc1)Oc1ccccc1. The predicted molar refractivity (Wildman–Crippen MR) is 88.4 cm³/mol. The first-order valence-corrected chi connectivity index (χ1v) is 7.95. The molecule has 3 nitrogen and oxygen atoms in total. The number of anilines is 1. The van der Waals surface area contributed by atoms with Crippen molar-refractivity contribution in [2.24, 2.45) is 0 Å². The van der Waals surface area contributed by atoms with Crippen molar-refractivity contribution in [2.75, 3.05) is 5.32 Å². The Morgan fingerprint density at radius 3 is 2.27 bits per heavy atom. The van der Waals surface area contributed by atoms with Gasteiger partial charge >= 0.3 is 6.09 Å². The highest BCUT2D eigenvalue weighted by Gasteiger charge is 2.15. The number of carbonyl (C=O) groups excluding carboxylic acids is 1. The van der Waals surface area contributed by atoms with Gasteiger partial charge in [-0.15, -0.1) is 0 Å². The van der Waals surface area contributed by atoms with Crippen molar-refractivity contribution in [2.45, 2.75) is 38.0 Å². The number of carbonyl (C=O) groups is 1. The van der Waals surface area contributed by atoms with Crippen LogP contribution in [0.5, 0.6) is 5.75 Å². The molecule has 0 atom stereocenters. The lowest BCUT2D eigenvalue weighted by molar-refractivity contribution is 0.215. The molecule has 114 valence electrons. The fourth-order valence-corrected chi connectivity index (χ4v) is 3.01. The molecule has 3 rings (SSSR count). The quantitative estimate of drug-likeness (QED) is 0.829. The molecular formula is C19H21NO2. The van der Waals surface area contributed by atoms with Gasteiger partial charge in [-0.25, -0.2) is 4.79 Å². The molecule has 2 aromatic carbocycles. The number of para-hydroxylation sites is 1. The van der Waals surface area contributed by atoms with Crippen molar-refractivity contribution in [1.29, 1.82) is 0 Å². The highest BCUT2D eigenvalue weighted by atomic mass is 16.6. The summed E-state index contributed by atoms with van der Waals surface area (Å²) in [6, 6.07) is 17.2. The van der Waals surface area contributed by atoms with Crippen LogP contribution in [0.2, 0.25) is 0 Å². The highest BCUT2D eigenvalue weighted by molar-refractivity contribution is 5.86. The third-order valence-corrected chi connectivity index (χ3v) is 4.19. The summed E-state index contributed by atoms with van der Waals surface area (Å²) in [5, 5.41) is 2.76. The van der Waals surface area contributed by atoms with E-state index in [1.807, 2.05) is 30.3 Å². The zero-order valence-electron chi connectivity index (χ0n) is 12.6. The summed E-state index contributed by atoms with van der Waals surface area (Å²) in [5.41, 5.74) is 2.14. The maximum Gasteiger partial charge on any atom is 0.417 e. The Hall–Kier alpha value is -2.29. The number of benzene rings is 2. The average molecular weight is 295 g/mol. The maximum atomic E-state index is 11.8. The molecule has 0 unspecified atom stereocenters. The average Bonchev–Trinajstić information content (AvgIpc) is 2.57. The second-order valence-electron chi connectivity index (χ2n) is 5.78. The third-order valence-electron chi connectivity index (χ3n) is 4.19. The van der Waals surface area contributed by atoms with E-state index in [4.69, 9.17) is 4.74 Å². The van der Waals surface area contributed by atoms with Gasteiger partial charge in [0.15, 0.2) is 0 Å². The van der Waals surface area contributed by atoms with Gasteiger partial charge in [0, 0.05) is 5.69 Å². The number of ether oxygens (including phenoxy) is 1. The van der Waals surface area contributed by atoms with E-state index in [0.29, 0.717) is 11.7 Å². The second-order valence-corrected chi connectivity index (χ2v) is 5.78. The molecule has 0 spiro atoms. The number of amides is 1. The van der Waals surface area contributed by atoms with Gasteiger partial charge in [-0.05, 0) is 48.6 Å². The fourth-order valence-electron chi connectivity index (χ4n) is 3.01. The summed E-state index contributed by atoms with van der Waals surface area (Å²) in [6.45, 7) is 0. The van der Waals surface area contributed by atoms with Crippen molar-refractivity contribution in [3.8, 4) is 5.75 Å². The molecule has 22 heavy (non-hydrogen) atoms. The Labute approximate surface area is 131 Å². The van der Waals surface area contributed by atoms with Crippen LogP contribution in [0.15, 0.2) is 54.6 Å². The molecule has 1 N–H and O–H groups in total. The first-order valence-electron chi connectivity index (χ1n) is 7.95. The van der Waals surface area contributed by atoms with Crippen LogP contribution in [0.1, 0.15) is 43.6 Å². The van der Waals surface area contributed by atoms with Gasteiger partial charge in [0.2, 0.25) is 0 Å². The van der Waals surface area contributed by atoms with Gasteiger partial charge in [-0.3, -0.25) is 5.32 Å². The topological polar surface area (TPSA) is 38.3 Å². The maximum absolute atomic E-state index is 11.8. The van der Waals surface area contributed by atoms with Crippen LogP contribution >= 0.6 is 0 Å². The zero-order chi connectivity index (χ0) is 15.2. The molecule has 0 aromatic heterocycles. The molecule has 0 radical (unpaired) electrons. The molecule has 0 heterocycles. The molecule has 2 aromatic rings. The third kappa shape index (κ3) is 3.88. The van der Waals surface area contributed by atoms with E-state index in [1.54, 1.807) is 12.1 Å². The Bertz CT molecular complexity index is 601. The van der Waals surface area contributed by atoms with Gasteiger partial charge in [-0.1, -0.05) is 49.6 Å². The summed E-state index contributed by atoms with van der Waals surface area (Å²) >= 11 is 0. The van der Waals surface area contributed by atoms with Crippen LogP contribution in [0.25, 0.3) is 0 Å². The Balaban J connectivity index is 1.57. The number of rotatable bonds is 3. The fraction of sp³-hybridized carbons (Fsp3) is 0.316. The highest BCUT2D eigenvalue weighted by Crippen LogP contribution is 2.32. The van der Waals surface area contributed by atoms with Crippen molar-refractivity contribution in [3.63, 3.8) is 0 Å². The summed E-state index contributed by atoms with van der Waals surface area (Å²) < 4.78 is 5.21. The summed E-state index contributed by atoms with van der Waals surface area (Å²) in [4.78, 5) is 11.8. The van der Waals surface area contributed by atoms with Crippen LogP contribution < -0.4 is 10.1 Å². The molecule has 1 saturated carbocycles. The van der Waals surface area contributed by atoms with E-state index in [1.165, 1.54) is 37.7 Å². The minimum Gasteiger partial charge on any atom is -0.410 e. The lowest BCUT2D eigenvalue weighted by atomic mass is 9.84. The normalized spacial score (nSPS) is 15.3. The van der Waals surface area contributed by atoms with Crippen molar-refractivity contribution in [3.05, 3.63) is 60.2 Å². The summed E-state index contributed by atoms with van der Waals surface area (Å²) in [5.74, 6) is 1.22. The summed E-state index contributed by atoms with van der Waals surface area (Å²) in [6.07, 6.45) is 6.12. The molecule has 1 amide bonds. The van der Waals surface area contributed by atoms with E-state index in [9.17, 15) is 4.79 Å². The van der Waals surface area contributed by atoms with E-state index in [-0.39, 0.29) is 0 Å². The van der Waals surface area contributed by atoms with E-state index in [0.717, 1.165) is 5.69 Å². The van der Waals surface area contributed by atoms with Crippen molar-refractivity contribution < 1.29 is 9.53 Å². The molecule has 1 fully saturated rings. The zero-order valence-corrected chi connectivity index (χ0v) is 12.6. The van der Waals surface area contributed by atoms with Crippen LogP contribution in [-0.2, 0) is 0 Å². The van der Waals surface area contributed by atoms with E-state index < -0.39 is 6.09 Å². The molecule has 0 saturated heterocycles. The number of hydrogen-bond donors (Lipinski definition) is 1. The van der Waals surface area contributed by atoms with Gasteiger partial charge in [0.1, 0.15) is 5.75 Å². The molecule has 0 aliphatic heterocycles. The minimum atomic E-state index is -0.461.